The van der Waals surface area contributed by atoms with Crippen molar-refractivity contribution in [3.63, 3.8) is 0 Å². The molecule has 0 aliphatic heterocycles. The molecule has 0 unspecified atom stereocenters. The van der Waals surface area contributed by atoms with Crippen LogP contribution in [0.15, 0.2) is 66.2 Å². The Balaban J connectivity index is 2.01. The minimum atomic E-state index is -4.91. The second kappa shape index (κ2) is 8.73. The lowest BCUT2D eigenvalue weighted by molar-refractivity contribution is -0.143. The van der Waals surface area contributed by atoms with Crippen LogP contribution in [0.3, 0.4) is 0 Å². The normalized spacial score (nSPS) is 13.7. The van der Waals surface area contributed by atoms with E-state index in [2.05, 4.69) is 6.92 Å². The monoisotopic (exact) mass is 459 g/mol. The van der Waals surface area contributed by atoms with Gasteiger partial charge in [-0.25, -0.2) is 0 Å². The first-order chi connectivity index (χ1) is 15.6. The molecule has 0 heterocycles. The van der Waals surface area contributed by atoms with Crippen molar-refractivity contribution in [3.05, 3.63) is 94.9 Å². The van der Waals surface area contributed by atoms with Crippen molar-refractivity contribution in [1.29, 1.82) is 0 Å². The van der Waals surface area contributed by atoms with Crippen LogP contribution in [0.2, 0.25) is 0 Å². The van der Waals surface area contributed by atoms with Crippen molar-refractivity contribution in [1.82, 2.24) is 0 Å². The summed E-state index contributed by atoms with van der Waals surface area (Å²) in [6.45, 7) is 2.06. The fourth-order valence-corrected chi connectivity index (χ4v) is 4.14. The van der Waals surface area contributed by atoms with Crippen molar-refractivity contribution in [2.24, 2.45) is 0 Å². The van der Waals surface area contributed by atoms with Crippen LogP contribution in [0.1, 0.15) is 48.4 Å². The number of unbranched alkanes of at least 4 members (excludes halogenated alkanes) is 1. The molecule has 0 saturated heterocycles. The molecule has 3 aromatic rings. The summed E-state index contributed by atoms with van der Waals surface area (Å²) in [5.41, 5.74) is 1.40. The summed E-state index contributed by atoms with van der Waals surface area (Å²) in [5, 5.41) is 0. The maximum absolute atomic E-state index is 13.6. The highest BCUT2D eigenvalue weighted by Gasteiger charge is 2.37. The average molecular weight is 459 g/mol. The highest BCUT2D eigenvalue weighted by Crippen LogP contribution is 2.45. The maximum Gasteiger partial charge on any atom is 0.416 e. The van der Waals surface area contributed by atoms with E-state index in [9.17, 15) is 26.3 Å². The van der Waals surface area contributed by atoms with Gasteiger partial charge in [0.15, 0.2) is 0 Å². The van der Waals surface area contributed by atoms with Gasteiger partial charge in [-0.3, -0.25) is 0 Å². The van der Waals surface area contributed by atoms with E-state index in [4.69, 9.17) is 0 Å². The Morgan fingerprint density at radius 3 is 1.94 bits per heavy atom. The Labute approximate surface area is 188 Å². The third-order valence-corrected chi connectivity index (χ3v) is 5.73. The zero-order chi connectivity index (χ0) is 23.8. The van der Waals surface area contributed by atoms with Crippen LogP contribution in [0.5, 0.6) is 0 Å². The first-order valence-electron chi connectivity index (χ1n) is 10.7. The van der Waals surface area contributed by atoms with Crippen LogP contribution in [-0.4, -0.2) is 0 Å². The summed E-state index contributed by atoms with van der Waals surface area (Å²) in [4.78, 5) is 0. The van der Waals surface area contributed by atoms with Crippen molar-refractivity contribution >= 4 is 6.08 Å². The first kappa shape index (κ1) is 23.1. The van der Waals surface area contributed by atoms with Gasteiger partial charge in [0.05, 0.1) is 11.1 Å². The minimum Gasteiger partial charge on any atom is -0.166 e. The summed E-state index contributed by atoms with van der Waals surface area (Å²) in [6.07, 6.45) is -3.25. The number of rotatable bonds is 5. The van der Waals surface area contributed by atoms with Crippen LogP contribution in [0.25, 0.3) is 28.3 Å². The number of hydrogen-bond donors (Lipinski definition) is 0. The quantitative estimate of drug-likeness (QED) is 0.334. The molecule has 171 valence electrons. The van der Waals surface area contributed by atoms with Crippen molar-refractivity contribution < 1.29 is 26.3 Å². The SMILES string of the molecule is CCCCC1=Cc2c(ccc(-c3ccccc3)c2-c2cc(C(F)(F)F)cc(C(F)(F)F)c2)[CH]1. The molecule has 4 rings (SSSR count). The first-order valence-corrected chi connectivity index (χ1v) is 10.7. The van der Waals surface area contributed by atoms with Gasteiger partial charge in [0.1, 0.15) is 0 Å². The van der Waals surface area contributed by atoms with Crippen LogP contribution in [0, 0.1) is 6.42 Å². The Morgan fingerprint density at radius 1 is 0.727 bits per heavy atom. The summed E-state index contributed by atoms with van der Waals surface area (Å²) >= 11 is 0. The summed E-state index contributed by atoms with van der Waals surface area (Å²) in [5.74, 6) is 0. The van der Waals surface area contributed by atoms with Gasteiger partial charge < -0.3 is 0 Å². The topological polar surface area (TPSA) is 0 Å². The van der Waals surface area contributed by atoms with E-state index in [1.807, 2.05) is 18.6 Å². The molecular formula is C27H21F6. The Hall–Kier alpha value is -3.02. The van der Waals surface area contributed by atoms with Crippen LogP contribution < -0.4 is 0 Å². The van der Waals surface area contributed by atoms with Crippen molar-refractivity contribution in [2.45, 2.75) is 38.5 Å². The number of fused-ring (bicyclic) bond motifs is 1. The molecule has 0 fully saturated rings. The number of allylic oxidation sites excluding steroid dienone is 1. The third kappa shape index (κ3) is 4.85. The van der Waals surface area contributed by atoms with E-state index in [-0.39, 0.29) is 11.6 Å². The van der Waals surface area contributed by atoms with Gasteiger partial charge in [-0.2, -0.15) is 26.3 Å². The van der Waals surface area contributed by atoms with Crippen LogP contribution in [0.4, 0.5) is 26.3 Å². The molecule has 0 nitrogen and oxygen atoms in total. The summed E-state index contributed by atoms with van der Waals surface area (Å²) < 4.78 is 81.4. The molecule has 0 amide bonds. The van der Waals surface area contributed by atoms with Gasteiger partial charge >= 0.3 is 12.4 Å². The zero-order valence-corrected chi connectivity index (χ0v) is 17.8. The maximum atomic E-state index is 13.6. The van der Waals surface area contributed by atoms with E-state index in [1.165, 1.54) is 0 Å². The van der Waals surface area contributed by atoms with E-state index < -0.39 is 23.5 Å². The lowest BCUT2D eigenvalue weighted by atomic mass is 9.87. The molecule has 3 aromatic carbocycles. The third-order valence-electron chi connectivity index (χ3n) is 5.73. The molecule has 1 radical (unpaired) electrons. The molecule has 1 aliphatic rings. The highest BCUT2D eigenvalue weighted by atomic mass is 19.4. The Morgan fingerprint density at radius 2 is 1.36 bits per heavy atom. The van der Waals surface area contributed by atoms with Crippen LogP contribution in [-0.2, 0) is 12.4 Å². The fraction of sp³-hybridized carbons (Fsp3) is 0.222. The standard InChI is InChI=1S/C27H21F6/c1-2-3-7-17-12-19-10-11-23(18-8-5-4-6-9-18)25(24(19)13-17)20-14-21(26(28,29)30)16-22(15-20)27(31,32)33/h4-6,8-16H,2-3,7H2,1H3. The Bertz CT molecular complexity index is 1150. The predicted molar refractivity (Wildman–Crippen MR) is 118 cm³/mol. The number of halogens is 6. The lowest BCUT2D eigenvalue weighted by Crippen LogP contribution is -2.11. The van der Waals surface area contributed by atoms with Gasteiger partial charge in [0.2, 0.25) is 0 Å². The largest absolute Gasteiger partial charge is 0.416 e. The Kier molecular flexibility index (Phi) is 6.12. The number of benzene rings is 3. The molecular weight excluding hydrogens is 438 g/mol. The molecule has 6 heteroatoms. The zero-order valence-electron chi connectivity index (χ0n) is 17.8. The number of alkyl halides is 6. The van der Waals surface area contributed by atoms with Gasteiger partial charge in [0, 0.05) is 6.42 Å². The average Bonchev–Trinajstić information content (AvgIpc) is 3.19. The molecule has 0 N–H and O–H groups in total. The second-order valence-corrected chi connectivity index (χ2v) is 8.12. The molecule has 0 bridgehead atoms. The molecule has 33 heavy (non-hydrogen) atoms. The summed E-state index contributed by atoms with van der Waals surface area (Å²) in [7, 11) is 0. The van der Waals surface area contributed by atoms with Gasteiger partial charge in [-0.1, -0.05) is 67.5 Å². The molecule has 0 aromatic heterocycles. The van der Waals surface area contributed by atoms with E-state index in [0.29, 0.717) is 16.7 Å². The molecule has 0 atom stereocenters. The van der Waals surface area contributed by atoms with Gasteiger partial charge in [-0.05, 0) is 64.4 Å². The molecule has 1 aliphatic carbocycles. The molecule has 0 saturated carbocycles. The predicted octanol–water partition coefficient (Wildman–Crippen LogP) is 9.20. The van der Waals surface area contributed by atoms with E-state index in [0.717, 1.165) is 48.1 Å². The van der Waals surface area contributed by atoms with E-state index in [1.54, 1.807) is 36.4 Å². The van der Waals surface area contributed by atoms with Crippen LogP contribution >= 0.6 is 0 Å². The van der Waals surface area contributed by atoms with E-state index >= 15 is 0 Å². The minimum absolute atomic E-state index is 0.103. The molecule has 0 spiro atoms. The van der Waals surface area contributed by atoms with Crippen molar-refractivity contribution in [3.8, 4) is 22.3 Å². The highest BCUT2D eigenvalue weighted by molar-refractivity contribution is 5.93. The van der Waals surface area contributed by atoms with Gasteiger partial charge in [0.25, 0.3) is 0 Å². The summed E-state index contributed by atoms with van der Waals surface area (Å²) in [6, 6.07) is 14.4. The fourth-order valence-electron chi connectivity index (χ4n) is 4.14. The number of hydrogen-bond acceptors (Lipinski definition) is 0. The van der Waals surface area contributed by atoms with Crippen molar-refractivity contribution in [2.75, 3.05) is 0 Å². The smallest absolute Gasteiger partial charge is 0.166 e. The lowest BCUT2D eigenvalue weighted by Gasteiger charge is -2.19. The van der Waals surface area contributed by atoms with Gasteiger partial charge in [-0.15, -0.1) is 0 Å². The second-order valence-electron chi connectivity index (χ2n) is 8.12.